The van der Waals surface area contributed by atoms with Gasteiger partial charge in [0.15, 0.2) is 27.6 Å². The lowest BCUT2D eigenvalue weighted by atomic mass is 10.2. The summed E-state index contributed by atoms with van der Waals surface area (Å²) in [6, 6.07) is 0.796. The van der Waals surface area contributed by atoms with Crippen LogP contribution in [0.5, 0.6) is 11.5 Å². The predicted octanol–water partition coefficient (Wildman–Crippen LogP) is 1.06. The zero-order valence-corrected chi connectivity index (χ0v) is 10.3. The first kappa shape index (κ1) is 13.4. The molecule has 0 spiro atoms. The molecule has 17 heavy (non-hydrogen) atoms. The molecule has 0 aliphatic carbocycles. The maximum Gasteiger partial charge on any atom is 0.183 e. The fraction of sp³-hybridized carbons (Fsp3) is 0.300. The van der Waals surface area contributed by atoms with Crippen LogP contribution in [0.1, 0.15) is 10.4 Å². The topological polar surface area (TPSA) is 69.7 Å². The number of hydrogen-bond donors (Lipinski definition) is 0. The molecule has 0 heterocycles. The highest BCUT2D eigenvalue weighted by Crippen LogP contribution is 2.38. The average molecular weight is 262 g/mol. The molecule has 0 atom stereocenters. The average Bonchev–Trinajstić information content (AvgIpc) is 2.25. The van der Waals surface area contributed by atoms with Gasteiger partial charge in [-0.15, -0.1) is 0 Å². The van der Waals surface area contributed by atoms with Gasteiger partial charge in [0.25, 0.3) is 0 Å². The third-order valence-corrected chi connectivity index (χ3v) is 3.20. The van der Waals surface area contributed by atoms with Gasteiger partial charge in [-0.2, -0.15) is 0 Å². The van der Waals surface area contributed by atoms with Gasteiger partial charge >= 0.3 is 0 Å². The molecule has 0 N–H and O–H groups in total. The van der Waals surface area contributed by atoms with E-state index in [0.717, 1.165) is 12.3 Å². The summed E-state index contributed by atoms with van der Waals surface area (Å²) in [4.78, 5) is 10.1. The number of aldehydes is 1. The van der Waals surface area contributed by atoms with E-state index in [1.54, 1.807) is 0 Å². The lowest BCUT2D eigenvalue weighted by molar-refractivity contribution is 0.111. The van der Waals surface area contributed by atoms with E-state index in [1.807, 2.05) is 0 Å². The predicted molar refractivity (Wildman–Crippen MR) is 58.0 cm³/mol. The van der Waals surface area contributed by atoms with Crippen LogP contribution >= 0.6 is 0 Å². The van der Waals surface area contributed by atoms with Crippen LogP contribution in [0, 0.1) is 5.82 Å². The molecule has 0 aliphatic heterocycles. The summed E-state index contributed by atoms with van der Waals surface area (Å²) in [5, 5.41) is 0. The van der Waals surface area contributed by atoms with Crippen molar-refractivity contribution in [3.8, 4) is 11.5 Å². The van der Waals surface area contributed by atoms with Crippen molar-refractivity contribution in [2.45, 2.75) is 4.90 Å². The summed E-state index contributed by atoms with van der Waals surface area (Å²) in [7, 11) is -1.43. The molecule has 94 valence electrons. The number of carbonyl (C=O) groups is 1. The van der Waals surface area contributed by atoms with Gasteiger partial charge in [-0.25, -0.2) is 12.8 Å². The molecular weight excluding hydrogens is 251 g/mol. The van der Waals surface area contributed by atoms with Crippen LogP contribution in [0.25, 0.3) is 0 Å². The van der Waals surface area contributed by atoms with Crippen molar-refractivity contribution in [1.29, 1.82) is 0 Å². The van der Waals surface area contributed by atoms with Crippen molar-refractivity contribution in [3.05, 3.63) is 17.4 Å². The Balaban J connectivity index is 3.79. The molecule has 0 aromatic heterocycles. The van der Waals surface area contributed by atoms with Crippen LogP contribution in [-0.2, 0) is 9.84 Å². The Morgan fingerprint density at radius 3 is 2.12 bits per heavy atom. The number of benzene rings is 1. The minimum absolute atomic E-state index is 0.107. The molecule has 1 aromatic carbocycles. The van der Waals surface area contributed by atoms with Gasteiger partial charge in [0.05, 0.1) is 19.8 Å². The lowest BCUT2D eigenvalue weighted by Gasteiger charge is -2.14. The first-order chi connectivity index (χ1) is 7.86. The smallest absolute Gasteiger partial charge is 0.183 e. The minimum atomic E-state index is -3.83. The molecular formula is C10H11FO5S. The van der Waals surface area contributed by atoms with Crippen molar-refractivity contribution >= 4 is 16.1 Å². The summed E-state index contributed by atoms with van der Waals surface area (Å²) in [6.45, 7) is 0. The number of halogens is 1. The Bertz CT molecular complexity index is 550. The van der Waals surface area contributed by atoms with Gasteiger partial charge in [-0.05, 0) is 6.07 Å². The van der Waals surface area contributed by atoms with Crippen molar-refractivity contribution in [2.75, 3.05) is 20.5 Å². The van der Waals surface area contributed by atoms with Gasteiger partial charge in [0.1, 0.15) is 10.7 Å². The van der Waals surface area contributed by atoms with E-state index in [4.69, 9.17) is 9.47 Å². The van der Waals surface area contributed by atoms with Crippen molar-refractivity contribution < 1.29 is 27.1 Å². The van der Waals surface area contributed by atoms with Gasteiger partial charge in [-0.3, -0.25) is 4.79 Å². The fourth-order valence-corrected chi connectivity index (χ4v) is 2.37. The summed E-state index contributed by atoms with van der Waals surface area (Å²) in [5.74, 6) is -1.46. The van der Waals surface area contributed by atoms with Crippen LogP contribution < -0.4 is 9.47 Å². The molecule has 5 nitrogen and oxygen atoms in total. The summed E-state index contributed by atoms with van der Waals surface area (Å²) in [6.07, 6.45) is 1.20. The van der Waals surface area contributed by atoms with E-state index in [-0.39, 0.29) is 17.1 Å². The van der Waals surface area contributed by atoms with Gasteiger partial charge < -0.3 is 9.47 Å². The van der Waals surface area contributed by atoms with Crippen molar-refractivity contribution in [1.82, 2.24) is 0 Å². The molecule has 0 amide bonds. The van der Waals surface area contributed by atoms with E-state index in [2.05, 4.69) is 0 Å². The third-order valence-electron chi connectivity index (χ3n) is 2.08. The van der Waals surface area contributed by atoms with E-state index in [1.165, 1.54) is 14.2 Å². The molecule has 0 radical (unpaired) electrons. The van der Waals surface area contributed by atoms with Crippen LogP contribution in [0.15, 0.2) is 11.0 Å². The van der Waals surface area contributed by atoms with Gasteiger partial charge in [-0.1, -0.05) is 0 Å². The Morgan fingerprint density at radius 1 is 1.24 bits per heavy atom. The highest BCUT2D eigenvalue weighted by atomic mass is 32.2. The van der Waals surface area contributed by atoms with E-state index < -0.39 is 20.5 Å². The standard InChI is InChI=1S/C10H11FO5S/c1-15-8-6(5-12)4-7(11)10(9(8)16-2)17(3,13)14/h4-5H,1-3H3. The van der Waals surface area contributed by atoms with Crippen LogP contribution in [0.4, 0.5) is 4.39 Å². The molecule has 1 aromatic rings. The normalized spacial score (nSPS) is 11.1. The van der Waals surface area contributed by atoms with Crippen LogP contribution in [0.3, 0.4) is 0 Å². The monoisotopic (exact) mass is 262 g/mol. The molecule has 0 saturated heterocycles. The second-order valence-corrected chi connectivity index (χ2v) is 5.19. The van der Waals surface area contributed by atoms with E-state index in [9.17, 15) is 17.6 Å². The number of methoxy groups -OCH3 is 2. The molecule has 0 saturated carbocycles. The zero-order chi connectivity index (χ0) is 13.2. The Kier molecular flexibility index (Phi) is 3.72. The summed E-state index contributed by atoms with van der Waals surface area (Å²) >= 11 is 0. The molecule has 0 unspecified atom stereocenters. The van der Waals surface area contributed by atoms with Crippen molar-refractivity contribution in [3.63, 3.8) is 0 Å². The summed E-state index contributed by atoms with van der Waals surface area (Å²) in [5.41, 5.74) is -0.116. The largest absolute Gasteiger partial charge is 0.492 e. The number of sulfone groups is 1. The molecule has 0 aliphatic rings. The van der Waals surface area contributed by atoms with Gasteiger partial charge in [0.2, 0.25) is 0 Å². The SMILES string of the molecule is COc1c(C=O)cc(F)c(S(C)(=O)=O)c1OC. The fourth-order valence-electron chi connectivity index (χ4n) is 1.44. The number of hydrogen-bond acceptors (Lipinski definition) is 5. The van der Waals surface area contributed by atoms with Crippen LogP contribution in [0.2, 0.25) is 0 Å². The Morgan fingerprint density at radius 2 is 1.76 bits per heavy atom. The second kappa shape index (κ2) is 4.70. The quantitative estimate of drug-likeness (QED) is 0.759. The van der Waals surface area contributed by atoms with Crippen molar-refractivity contribution in [2.24, 2.45) is 0 Å². The molecule has 0 bridgehead atoms. The number of rotatable bonds is 4. The molecule has 1 rings (SSSR count). The highest BCUT2D eigenvalue weighted by molar-refractivity contribution is 7.90. The first-order valence-electron chi connectivity index (χ1n) is 4.46. The zero-order valence-electron chi connectivity index (χ0n) is 9.48. The first-order valence-corrected chi connectivity index (χ1v) is 6.35. The van der Waals surface area contributed by atoms with E-state index in [0.29, 0.717) is 6.29 Å². The van der Waals surface area contributed by atoms with Gasteiger partial charge in [0, 0.05) is 6.26 Å². The van der Waals surface area contributed by atoms with Crippen LogP contribution in [-0.4, -0.2) is 35.2 Å². The summed E-state index contributed by atoms with van der Waals surface area (Å²) < 4.78 is 46.2. The Hall–Kier alpha value is -1.63. The van der Waals surface area contributed by atoms with E-state index >= 15 is 0 Å². The number of carbonyl (C=O) groups excluding carboxylic acids is 1. The third kappa shape index (κ3) is 2.38. The minimum Gasteiger partial charge on any atom is -0.492 e. The second-order valence-electron chi connectivity index (χ2n) is 3.23. The molecule has 0 fully saturated rings. The number of ether oxygens (including phenoxy) is 2. The highest BCUT2D eigenvalue weighted by Gasteiger charge is 2.26. The maximum atomic E-state index is 13.6. The maximum absolute atomic E-state index is 13.6. The Labute approximate surface area is 98.1 Å². The lowest BCUT2D eigenvalue weighted by Crippen LogP contribution is -2.07. The molecule has 7 heteroatoms.